The third-order valence-electron chi connectivity index (χ3n) is 3.14. The summed E-state index contributed by atoms with van der Waals surface area (Å²) in [4.78, 5) is 26.6. The number of rotatable bonds is 7. The standard InChI is InChI=1S/C16H17FN2O3S/c1-10(5-11-3-2-4-12(17)7-11)6-14(20)19-16-18-13(9-23-16)8-15(21)22/h2-4,7,9-10H,5-6,8H2,1H3,(H,21,22)(H,18,19,20)/t10-/m1/s1. The number of anilines is 1. The Bertz CT molecular complexity index is 702. The SMILES string of the molecule is C[C@@H](CC(=O)Nc1nc(CC(=O)O)cs1)Cc1cccc(F)c1. The van der Waals surface area contributed by atoms with Gasteiger partial charge in [0, 0.05) is 11.8 Å². The van der Waals surface area contributed by atoms with Crippen molar-refractivity contribution in [3.05, 3.63) is 46.7 Å². The summed E-state index contributed by atoms with van der Waals surface area (Å²) in [6.07, 6.45) is 0.722. The highest BCUT2D eigenvalue weighted by atomic mass is 32.1. The highest BCUT2D eigenvalue weighted by molar-refractivity contribution is 7.13. The Balaban J connectivity index is 1.84. The summed E-state index contributed by atoms with van der Waals surface area (Å²) < 4.78 is 13.1. The lowest BCUT2D eigenvalue weighted by Gasteiger charge is -2.10. The number of carbonyl (C=O) groups excluding carboxylic acids is 1. The van der Waals surface area contributed by atoms with E-state index in [2.05, 4.69) is 10.3 Å². The molecule has 0 aliphatic heterocycles. The summed E-state index contributed by atoms with van der Waals surface area (Å²) in [6.45, 7) is 1.92. The molecule has 0 bridgehead atoms. The number of carboxylic acid groups (broad SMARTS) is 1. The molecule has 1 atom stereocenters. The molecule has 0 fully saturated rings. The minimum atomic E-state index is -0.961. The smallest absolute Gasteiger partial charge is 0.309 e. The van der Waals surface area contributed by atoms with Gasteiger partial charge in [-0.2, -0.15) is 0 Å². The molecular weight excluding hydrogens is 319 g/mol. The van der Waals surface area contributed by atoms with Gasteiger partial charge in [0.25, 0.3) is 0 Å². The van der Waals surface area contributed by atoms with E-state index < -0.39 is 5.97 Å². The first kappa shape index (κ1) is 17.1. The first-order valence-electron chi connectivity index (χ1n) is 7.13. The van der Waals surface area contributed by atoms with Crippen molar-refractivity contribution in [3.63, 3.8) is 0 Å². The number of hydrogen-bond acceptors (Lipinski definition) is 4. The molecule has 1 aromatic heterocycles. The Morgan fingerprint density at radius 1 is 1.43 bits per heavy atom. The lowest BCUT2D eigenvalue weighted by molar-refractivity contribution is -0.136. The van der Waals surface area contributed by atoms with Crippen molar-refractivity contribution in [3.8, 4) is 0 Å². The molecular formula is C16H17FN2O3S. The van der Waals surface area contributed by atoms with E-state index in [4.69, 9.17) is 5.11 Å². The lowest BCUT2D eigenvalue weighted by Crippen LogP contribution is -2.16. The number of aliphatic carboxylic acids is 1. The van der Waals surface area contributed by atoms with Gasteiger partial charge in [0.15, 0.2) is 5.13 Å². The van der Waals surface area contributed by atoms with Gasteiger partial charge in [0.1, 0.15) is 5.82 Å². The predicted molar refractivity (Wildman–Crippen MR) is 86.0 cm³/mol. The molecule has 7 heteroatoms. The summed E-state index contributed by atoms with van der Waals surface area (Å²) in [5, 5.41) is 13.4. The predicted octanol–water partition coefficient (Wildman–Crippen LogP) is 3.12. The zero-order valence-corrected chi connectivity index (χ0v) is 13.4. The minimum absolute atomic E-state index is 0.0512. The third kappa shape index (κ3) is 5.78. The van der Waals surface area contributed by atoms with Crippen molar-refractivity contribution in [1.29, 1.82) is 0 Å². The van der Waals surface area contributed by atoms with Crippen molar-refractivity contribution >= 4 is 28.3 Å². The van der Waals surface area contributed by atoms with Crippen LogP contribution in [0, 0.1) is 11.7 Å². The molecule has 2 rings (SSSR count). The maximum Gasteiger partial charge on any atom is 0.309 e. The number of nitrogens with zero attached hydrogens (tertiary/aromatic N) is 1. The van der Waals surface area contributed by atoms with E-state index in [1.807, 2.05) is 13.0 Å². The van der Waals surface area contributed by atoms with Gasteiger partial charge in [-0.15, -0.1) is 11.3 Å². The van der Waals surface area contributed by atoms with Gasteiger partial charge >= 0.3 is 5.97 Å². The van der Waals surface area contributed by atoms with Gasteiger partial charge in [-0.05, 0) is 30.0 Å². The quantitative estimate of drug-likeness (QED) is 0.814. The fourth-order valence-corrected chi connectivity index (χ4v) is 2.95. The van der Waals surface area contributed by atoms with Crippen molar-refractivity contribution in [2.24, 2.45) is 5.92 Å². The molecule has 2 N–H and O–H groups in total. The largest absolute Gasteiger partial charge is 0.481 e. The van der Waals surface area contributed by atoms with Crippen LogP contribution in [0.3, 0.4) is 0 Å². The van der Waals surface area contributed by atoms with Crippen LogP contribution in [0.4, 0.5) is 9.52 Å². The Labute approximate surface area is 137 Å². The molecule has 1 aromatic carbocycles. The second-order valence-corrected chi connectivity index (χ2v) is 6.26. The van der Waals surface area contributed by atoms with Gasteiger partial charge in [-0.25, -0.2) is 9.37 Å². The van der Waals surface area contributed by atoms with E-state index in [0.29, 0.717) is 17.2 Å². The first-order valence-corrected chi connectivity index (χ1v) is 8.01. The summed E-state index contributed by atoms with van der Waals surface area (Å²) in [6, 6.07) is 6.33. The number of carboxylic acids is 1. The number of carbonyl (C=O) groups is 2. The molecule has 1 heterocycles. The van der Waals surface area contributed by atoms with E-state index in [0.717, 1.165) is 5.56 Å². The van der Waals surface area contributed by atoms with Crippen molar-refractivity contribution < 1.29 is 19.1 Å². The van der Waals surface area contributed by atoms with Crippen molar-refractivity contribution in [2.75, 3.05) is 5.32 Å². The molecule has 2 aromatic rings. The monoisotopic (exact) mass is 336 g/mol. The topological polar surface area (TPSA) is 79.3 Å². The maximum atomic E-state index is 13.1. The number of aromatic nitrogens is 1. The van der Waals surface area contributed by atoms with E-state index in [9.17, 15) is 14.0 Å². The van der Waals surface area contributed by atoms with Gasteiger partial charge in [0.2, 0.25) is 5.91 Å². The summed E-state index contributed by atoms with van der Waals surface area (Å²) in [7, 11) is 0. The van der Waals surface area contributed by atoms with Gasteiger partial charge in [-0.3, -0.25) is 9.59 Å². The molecule has 1 amide bonds. The number of hydrogen-bond donors (Lipinski definition) is 2. The van der Waals surface area contributed by atoms with Crippen LogP contribution < -0.4 is 5.32 Å². The normalized spacial score (nSPS) is 11.9. The Morgan fingerprint density at radius 2 is 2.22 bits per heavy atom. The van der Waals surface area contributed by atoms with Crippen LogP contribution in [0.15, 0.2) is 29.6 Å². The molecule has 0 unspecified atom stereocenters. The zero-order chi connectivity index (χ0) is 16.8. The van der Waals surface area contributed by atoms with E-state index in [-0.39, 0.29) is 30.5 Å². The second-order valence-electron chi connectivity index (χ2n) is 5.41. The molecule has 122 valence electrons. The molecule has 0 aliphatic rings. The summed E-state index contributed by atoms with van der Waals surface area (Å²) in [5.74, 6) is -1.38. The third-order valence-corrected chi connectivity index (χ3v) is 3.94. The number of benzene rings is 1. The fraction of sp³-hybridized carbons (Fsp3) is 0.312. The molecule has 5 nitrogen and oxygen atoms in total. The van der Waals surface area contributed by atoms with Gasteiger partial charge in [0.05, 0.1) is 12.1 Å². The summed E-state index contributed by atoms with van der Waals surface area (Å²) in [5.41, 5.74) is 1.27. The maximum absolute atomic E-state index is 13.1. The van der Waals surface area contributed by atoms with Crippen LogP contribution in [0.5, 0.6) is 0 Å². The number of thiazole rings is 1. The van der Waals surface area contributed by atoms with Gasteiger partial charge in [-0.1, -0.05) is 19.1 Å². The molecule has 0 aliphatic carbocycles. The molecule has 0 saturated heterocycles. The van der Waals surface area contributed by atoms with E-state index in [1.54, 1.807) is 11.4 Å². The van der Waals surface area contributed by atoms with Crippen LogP contribution in [0.2, 0.25) is 0 Å². The van der Waals surface area contributed by atoms with Crippen molar-refractivity contribution in [1.82, 2.24) is 4.98 Å². The van der Waals surface area contributed by atoms with Gasteiger partial charge < -0.3 is 10.4 Å². The molecule has 23 heavy (non-hydrogen) atoms. The van der Waals surface area contributed by atoms with Crippen LogP contribution in [-0.2, 0) is 22.4 Å². The molecule has 0 saturated carbocycles. The second kappa shape index (κ2) is 7.82. The van der Waals surface area contributed by atoms with Crippen LogP contribution >= 0.6 is 11.3 Å². The number of amides is 1. The minimum Gasteiger partial charge on any atom is -0.481 e. The van der Waals surface area contributed by atoms with E-state index >= 15 is 0 Å². The zero-order valence-electron chi connectivity index (χ0n) is 12.6. The highest BCUT2D eigenvalue weighted by Gasteiger charge is 2.13. The van der Waals surface area contributed by atoms with E-state index in [1.165, 1.54) is 23.5 Å². The lowest BCUT2D eigenvalue weighted by atomic mass is 9.98. The molecule has 0 spiro atoms. The van der Waals surface area contributed by atoms with Crippen LogP contribution in [0.1, 0.15) is 24.6 Å². The number of halogens is 1. The Morgan fingerprint density at radius 3 is 2.91 bits per heavy atom. The fourth-order valence-electron chi connectivity index (χ4n) is 2.23. The Kier molecular flexibility index (Phi) is 5.81. The average molecular weight is 336 g/mol. The average Bonchev–Trinajstić information content (AvgIpc) is 2.84. The van der Waals surface area contributed by atoms with Crippen LogP contribution in [-0.4, -0.2) is 22.0 Å². The summed E-state index contributed by atoms with van der Waals surface area (Å²) >= 11 is 1.20. The highest BCUT2D eigenvalue weighted by Crippen LogP contribution is 2.18. The first-order chi connectivity index (χ1) is 10.9. The van der Waals surface area contributed by atoms with Crippen molar-refractivity contribution in [2.45, 2.75) is 26.2 Å². The number of nitrogens with one attached hydrogen (secondary N) is 1. The van der Waals surface area contributed by atoms with Crippen LogP contribution in [0.25, 0.3) is 0 Å². The Hall–Kier alpha value is -2.28. The molecule has 0 radical (unpaired) electrons.